The quantitative estimate of drug-likeness (QED) is 0.839. The molecule has 2 fully saturated rings. The lowest BCUT2D eigenvalue weighted by atomic mass is 9.90. The SMILES string of the molecule is O=C(COCc1cccnc1)N1CCOC2(CCOCC2)CC1. The van der Waals surface area contributed by atoms with Gasteiger partial charge in [0.05, 0.1) is 18.8 Å². The van der Waals surface area contributed by atoms with Crippen LogP contribution in [0.1, 0.15) is 24.8 Å². The summed E-state index contributed by atoms with van der Waals surface area (Å²) in [5.41, 5.74) is 0.879. The number of ether oxygens (including phenoxy) is 3. The molecule has 2 aliphatic rings. The summed E-state index contributed by atoms with van der Waals surface area (Å²) in [5, 5.41) is 0. The van der Waals surface area contributed by atoms with Gasteiger partial charge in [-0.05, 0) is 30.9 Å². The fourth-order valence-electron chi connectivity index (χ4n) is 3.11. The standard InChI is InChI=1S/C17H24N2O4/c20-16(14-22-13-15-2-1-6-18-12-15)19-7-3-17(23-11-8-19)4-9-21-10-5-17/h1-2,6,12H,3-5,7-11,13-14H2. The second-order valence-electron chi connectivity index (χ2n) is 6.13. The Morgan fingerprint density at radius 3 is 2.91 bits per heavy atom. The Morgan fingerprint density at radius 1 is 1.26 bits per heavy atom. The molecular weight excluding hydrogens is 296 g/mol. The van der Waals surface area contributed by atoms with E-state index in [1.54, 1.807) is 12.4 Å². The second kappa shape index (κ2) is 7.86. The van der Waals surface area contributed by atoms with E-state index >= 15 is 0 Å². The maximum absolute atomic E-state index is 12.3. The van der Waals surface area contributed by atoms with Crippen LogP contribution in [0.2, 0.25) is 0 Å². The summed E-state index contributed by atoms with van der Waals surface area (Å²) < 4.78 is 17.0. The highest BCUT2D eigenvalue weighted by molar-refractivity contribution is 5.77. The molecule has 1 aromatic rings. The first-order chi connectivity index (χ1) is 11.3. The average Bonchev–Trinajstić information content (AvgIpc) is 2.79. The molecular formula is C17H24N2O4. The molecule has 1 aromatic heterocycles. The van der Waals surface area contributed by atoms with Gasteiger partial charge in [0.2, 0.25) is 5.91 Å². The van der Waals surface area contributed by atoms with E-state index in [-0.39, 0.29) is 18.1 Å². The van der Waals surface area contributed by atoms with E-state index in [2.05, 4.69) is 4.98 Å². The third kappa shape index (κ3) is 4.50. The van der Waals surface area contributed by atoms with E-state index in [0.29, 0.717) is 19.8 Å². The number of carbonyl (C=O) groups is 1. The van der Waals surface area contributed by atoms with Crippen LogP contribution in [-0.4, -0.2) is 60.9 Å². The van der Waals surface area contributed by atoms with Crippen molar-refractivity contribution in [3.8, 4) is 0 Å². The Bertz CT molecular complexity index is 503. The van der Waals surface area contributed by atoms with Crippen LogP contribution < -0.4 is 0 Å². The molecule has 1 amide bonds. The minimum absolute atomic E-state index is 0.0293. The summed E-state index contributed by atoms with van der Waals surface area (Å²) in [5.74, 6) is 0.0293. The van der Waals surface area contributed by atoms with Crippen molar-refractivity contribution in [1.29, 1.82) is 0 Å². The molecule has 0 aromatic carbocycles. The van der Waals surface area contributed by atoms with Gasteiger partial charge in [0.15, 0.2) is 0 Å². The van der Waals surface area contributed by atoms with Gasteiger partial charge in [-0.25, -0.2) is 0 Å². The fraction of sp³-hybridized carbons (Fsp3) is 0.647. The van der Waals surface area contributed by atoms with Crippen molar-refractivity contribution >= 4 is 5.91 Å². The molecule has 23 heavy (non-hydrogen) atoms. The number of amides is 1. The van der Waals surface area contributed by atoms with Gasteiger partial charge in [-0.1, -0.05) is 6.07 Å². The van der Waals surface area contributed by atoms with Crippen molar-refractivity contribution in [2.45, 2.75) is 31.5 Å². The number of pyridine rings is 1. The van der Waals surface area contributed by atoms with Gasteiger partial charge in [0.1, 0.15) is 6.61 Å². The summed E-state index contributed by atoms with van der Waals surface area (Å²) in [6, 6.07) is 3.80. The molecule has 0 saturated carbocycles. The van der Waals surface area contributed by atoms with Gasteiger partial charge in [-0.15, -0.1) is 0 Å². The van der Waals surface area contributed by atoms with Gasteiger partial charge < -0.3 is 19.1 Å². The van der Waals surface area contributed by atoms with Crippen molar-refractivity contribution in [2.24, 2.45) is 0 Å². The van der Waals surface area contributed by atoms with Crippen LogP contribution in [0.5, 0.6) is 0 Å². The first-order valence-corrected chi connectivity index (χ1v) is 8.24. The molecule has 0 N–H and O–H groups in total. The van der Waals surface area contributed by atoms with Crippen LogP contribution in [0.15, 0.2) is 24.5 Å². The monoisotopic (exact) mass is 320 g/mol. The summed E-state index contributed by atoms with van der Waals surface area (Å²) in [4.78, 5) is 18.2. The van der Waals surface area contributed by atoms with Crippen molar-refractivity contribution in [1.82, 2.24) is 9.88 Å². The van der Waals surface area contributed by atoms with E-state index < -0.39 is 0 Å². The molecule has 6 nitrogen and oxygen atoms in total. The summed E-state index contributed by atoms with van der Waals surface area (Å²) in [7, 11) is 0. The zero-order chi connectivity index (χ0) is 16.0. The lowest BCUT2D eigenvalue weighted by Crippen LogP contribution is -2.40. The fourth-order valence-corrected chi connectivity index (χ4v) is 3.11. The Balaban J connectivity index is 1.44. The number of carbonyl (C=O) groups excluding carboxylic acids is 1. The van der Waals surface area contributed by atoms with Gasteiger partial charge >= 0.3 is 0 Å². The Labute approximate surface area is 136 Å². The Hall–Kier alpha value is -1.50. The average molecular weight is 320 g/mol. The number of rotatable bonds is 4. The van der Waals surface area contributed by atoms with E-state index in [9.17, 15) is 4.79 Å². The van der Waals surface area contributed by atoms with Crippen LogP contribution >= 0.6 is 0 Å². The molecule has 0 aliphatic carbocycles. The number of hydrogen-bond acceptors (Lipinski definition) is 5. The topological polar surface area (TPSA) is 60.9 Å². The number of nitrogens with zero attached hydrogens (tertiary/aromatic N) is 2. The maximum Gasteiger partial charge on any atom is 0.248 e. The Kier molecular flexibility index (Phi) is 5.59. The van der Waals surface area contributed by atoms with Crippen molar-refractivity contribution < 1.29 is 19.0 Å². The van der Waals surface area contributed by atoms with E-state index in [1.165, 1.54) is 0 Å². The van der Waals surface area contributed by atoms with Crippen molar-refractivity contribution in [3.05, 3.63) is 30.1 Å². The molecule has 126 valence electrons. The van der Waals surface area contributed by atoms with E-state index in [4.69, 9.17) is 14.2 Å². The summed E-state index contributed by atoms with van der Waals surface area (Å²) >= 11 is 0. The molecule has 0 atom stereocenters. The Morgan fingerprint density at radius 2 is 2.13 bits per heavy atom. The molecule has 1 spiro atoms. The number of hydrogen-bond donors (Lipinski definition) is 0. The zero-order valence-corrected chi connectivity index (χ0v) is 13.4. The minimum Gasteiger partial charge on any atom is -0.381 e. The second-order valence-corrected chi connectivity index (χ2v) is 6.13. The van der Waals surface area contributed by atoms with Crippen molar-refractivity contribution in [3.63, 3.8) is 0 Å². The normalized spacial score (nSPS) is 21.1. The first kappa shape index (κ1) is 16.4. The molecule has 3 rings (SSSR count). The lowest BCUT2D eigenvalue weighted by Gasteiger charge is -2.35. The van der Waals surface area contributed by atoms with Crippen LogP contribution in [0.25, 0.3) is 0 Å². The van der Waals surface area contributed by atoms with Crippen LogP contribution in [0, 0.1) is 0 Å². The molecule has 0 radical (unpaired) electrons. The lowest BCUT2D eigenvalue weighted by molar-refractivity contribution is -0.136. The molecule has 2 aliphatic heterocycles. The highest BCUT2D eigenvalue weighted by atomic mass is 16.5. The molecule has 0 unspecified atom stereocenters. The third-order valence-corrected chi connectivity index (χ3v) is 4.58. The highest BCUT2D eigenvalue weighted by Gasteiger charge is 2.36. The number of aromatic nitrogens is 1. The predicted molar refractivity (Wildman–Crippen MR) is 83.8 cm³/mol. The third-order valence-electron chi connectivity index (χ3n) is 4.58. The van der Waals surface area contributed by atoms with E-state index in [0.717, 1.165) is 44.6 Å². The first-order valence-electron chi connectivity index (χ1n) is 8.24. The van der Waals surface area contributed by atoms with Gasteiger partial charge in [0, 0.05) is 38.7 Å². The van der Waals surface area contributed by atoms with Crippen LogP contribution in [0.3, 0.4) is 0 Å². The minimum atomic E-state index is -0.0934. The highest BCUT2D eigenvalue weighted by Crippen LogP contribution is 2.30. The van der Waals surface area contributed by atoms with E-state index in [1.807, 2.05) is 17.0 Å². The largest absolute Gasteiger partial charge is 0.381 e. The summed E-state index contributed by atoms with van der Waals surface area (Å²) in [6.07, 6.45) is 6.20. The maximum atomic E-state index is 12.3. The van der Waals surface area contributed by atoms with Crippen LogP contribution in [0.4, 0.5) is 0 Å². The van der Waals surface area contributed by atoms with Gasteiger partial charge in [-0.2, -0.15) is 0 Å². The summed E-state index contributed by atoms with van der Waals surface area (Å²) in [6.45, 7) is 3.97. The predicted octanol–water partition coefficient (Wildman–Crippen LogP) is 1.40. The zero-order valence-electron chi connectivity index (χ0n) is 13.4. The smallest absolute Gasteiger partial charge is 0.248 e. The van der Waals surface area contributed by atoms with Crippen molar-refractivity contribution in [2.75, 3.05) is 39.5 Å². The molecule has 0 bridgehead atoms. The molecule has 3 heterocycles. The van der Waals surface area contributed by atoms with Crippen LogP contribution in [-0.2, 0) is 25.6 Å². The molecule has 6 heteroatoms. The van der Waals surface area contributed by atoms with Gasteiger partial charge in [0.25, 0.3) is 0 Å². The van der Waals surface area contributed by atoms with Gasteiger partial charge in [-0.3, -0.25) is 9.78 Å². The molecule has 2 saturated heterocycles.